The molecule has 0 spiro atoms. The van der Waals surface area contributed by atoms with Crippen molar-refractivity contribution in [1.82, 2.24) is 5.32 Å². The van der Waals surface area contributed by atoms with Crippen LogP contribution in [0.4, 0.5) is 5.69 Å². The van der Waals surface area contributed by atoms with Crippen molar-refractivity contribution >= 4 is 23.2 Å². The quantitative estimate of drug-likeness (QED) is 0.747. The number of hydrogen-bond donors (Lipinski definition) is 2. The highest BCUT2D eigenvalue weighted by Crippen LogP contribution is 2.19. The summed E-state index contributed by atoms with van der Waals surface area (Å²) in [5.41, 5.74) is 1.75. The average Bonchev–Trinajstić information content (AvgIpc) is 2.33. The number of benzene rings is 1. The summed E-state index contributed by atoms with van der Waals surface area (Å²) in [7, 11) is 1.66. The van der Waals surface area contributed by atoms with Gasteiger partial charge >= 0.3 is 0 Å². The summed E-state index contributed by atoms with van der Waals surface area (Å²) in [5.74, 6) is -0.0715. The van der Waals surface area contributed by atoms with Gasteiger partial charge in [0.1, 0.15) is 0 Å². The Morgan fingerprint density at radius 1 is 1.44 bits per heavy atom. The molecule has 0 bridgehead atoms. The number of hydrogen-bond acceptors (Lipinski definition) is 3. The molecule has 0 aromatic heterocycles. The maximum atomic E-state index is 11.7. The van der Waals surface area contributed by atoms with E-state index in [1.54, 1.807) is 19.2 Å². The Morgan fingerprint density at radius 3 is 2.94 bits per heavy atom. The van der Waals surface area contributed by atoms with E-state index in [1.807, 2.05) is 13.0 Å². The van der Waals surface area contributed by atoms with E-state index < -0.39 is 0 Å². The first-order valence-electron chi connectivity index (χ1n) is 5.89. The average molecular weight is 271 g/mol. The Kier molecular flexibility index (Phi) is 6.72. The molecule has 1 rings (SSSR count). The summed E-state index contributed by atoms with van der Waals surface area (Å²) in [4.78, 5) is 11.7. The molecule has 0 unspecified atom stereocenters. The number of rotatable bonds is 7. The van der Waals surface area contributed by atoms with Gasteiger partial charge in [-0.1, -0.05) is 17.7 Å². The molecule has 2 N–H and O–H groups in total. The number of anilines is 1. The van der Waals surface area contributed by atoms with E-state index in [1.165, 1.54) is 0 Å². The largest absolute Gasteiger partial charge is 0.385 e. The van der Waals surface area contributed by atoms with Crippen molar-refractivity contribution in [3.05, 3.63) is 28.8 Å². The van der Waals surface area contributed by atoms with Gasteiger partial charge in [0, 0.05) is 24.4 Å². The lowest BCUT2D eigenvalue weighted by Gasteiger charge is -2.09. The molecule has 1 aromatic carbocycles. The van der Waals surface area contributed by atoms with Crippen molar-refractivity contribution in [3.63, 3.8) is 0 Å². The van der Waals surface area contributed by atoms with E-state index in [-0.39, 0.29) is 12.5 Å². The molecule has 5 heteroatoms. The standard InChI is InChI=1S/C13H19ClN2O2/c1-10-4-5-11(14)8-12(10)16-13(17)9-15-6-3-7-18-2/h4-5,8,15H,3,6-7,9H2,1-2H3,(H,16,17). The number of halogens is 1. The van der Waals surface area contributed by atoms with Gasteiger partial charge in [0.15, 0.2) is 0 Å². The van der Waals surface area contributed by atoms with Gasteiger partial charge in [0.25, 0.3) is 0 Å². The third-order valence-corrected chi connectivity index (χ3v) is 2.70. The molecule has 0 saturated heterocycles. The van der Waals surface area contributed by atoms with Crippen molar-refractivity contribution in [2.75, 3.05) is 32.1 Å². The molecule has 1 aromatic rings. The Morgan fingerprint density at radius 2 is 2.22 bits per heavy atom. The zero-order valence-electron chi connectivity index (χ0n) is 10.8. The molecule has 0 atom stereocenters. The number of amides is 1. The smallest absolute Gasteiger partial charge is 0.238 e. The third kappa shape index (κ3) is 5.49. The predicted octanol–water partition coefficient (Wildman–Crippen LogP) is 2.21. The minimum absolute atomic E-state index is 0.0715. The topological polar surface area (TPSA) is 50.4 Å². The maximum absolute atomic E-state index is 11.7. The first-order valence-corrected chi connectivity index (χ1v) is 6.27. The lowest BCUT2D eigenvalue weighted by atomic mass is 10.2. The molecule has 0 heterocycles. The maximum Gasteiger partial charge on any atom is 0.238 e. The van der Waals surface area contributed by atoms with Crippen LogP contribution in [0.3, 0.4) is 0 Å². The summed E-state index contributed by atoms with van der Waals surface area (Å²) in [6.45, 7) is 3.67. The van der Waals surface area contributed by atoms with Gasteiger partial charge in [-0.15, -0.1) is 0 Å². The molecule has 0 saturated carbocycles. The number of aryl methyl sites for hydroxylation is 1. The van der Waals surface area contributed by atoms with Crippen LogP contribution in [0.5, 0.6) is 0 Å². The fourth-order valence-electron chi connectivity index (χ4n) is 1.47. The molecule has 0 aliphatic rings. The SMILES string of the molecule is COCCCNCC(=O)Nc1cc(Cl)ccc1C. The molecule has 4 nitrogen and oxygen atoms in total. The molecule has 1 amide bonds. The molecule has 100 valence electrons. The van der Waals surface area contributed by atoms with E-state index in [4.69, 9.17) is 16.3 Å². The second-order valence-corrected chi connectivity index (χ2v) is 4.47. The van der Waals surface area contributed by atoms with Gasteiger partial charge in [0.05, 0.1) is 6.54 Å². The third-order valence-electron chi connectivity index (χ3n) is 2.46. The van der Waals surface area contributed by atoms with Crippen molar-refractivity contribution in [1.29, 1.82) is 0 Å². The van der Waals surface area contributed by atoms with Crippen LogP contribution in [-0.2, 0) is 9.53 Å². The summed E-state index contributed by atoms with van der Waals surface area (Å²) >= 11 is 5.88. The summed E-state index contributed by atoms with van der Waals surface area (Å²) in [6.07, 6.45) is 0.889. The summed E-state index contributed by atoms with van der Waals surface area (Å²) < 4.78 is 4.92. The van der Waals surface area contributed by atoms with Crippen LogP contribution in [0.1, 0.15) is 12.0 Å². The Hall–Kier alpha value is -1.10. The minimum Gasteiger partial charge on any atom is -0.385 e. The Bertz CT molecular complexity index is 397. The van der Waals surface area contributed by atoms with Crippen LogP contribution in [0.25, 0.3) is 0 Å². The van der Waals surface area contributed by atoms with Gasteiger partial charge in [-0.2, -0.15) is 0 Å². The van der Waals surface area contributed by atoms with E-state index in [0.717, 1.165) is 24.2 Å². The summed E-state index contributed by atoms with van der Waals surface area (Å²) in [5, 5.41) is 6.49. The number of methoxy groups -OCH3 is 1. The first-order chi connectivity index (χ1) is 8.63. The second-order valence-electron chi connectivity index (χ2n) is 4.03. The number of carbonyl (C=O) groups excluding carboxylic acids is 1. The number of ether oxygens (including phenoxy) is 1. The van der Waals surface area contributed by atoms with Gasteiger partial charge in [-0.05, 0) is 37.6 Å². The van der Waals surface area contributed by atoms with Crippen LogP contribution >= 0.6 is 11.6 Å². The Labute approximate surface area is 113 Å². The fourth-order valence-corrected chi connectivity index (χ4v) is 1.64. The molecule has 18 heavy (non-hydrogen) atoms. The van der Waals surface area contributed by atoms with Crippen LogP contribution in [0.2, 0.25) is 5.02 Å². The van der Waals surface area contributed by atoms with Crippen molar-refractivity contribution in [2.24, 2.45) is 0 Å². The normalized spacial score (nSPS) is 10.4. The predicted molar refractivity (Wildman–Crippen MR) is 74.2 cm³/mol. The number of nitrogens with one attached hydrogen (secondary N) is 2. The van der Waals surface area contributed by atoms with Crippen LogP contribution in [0.15, 0.2) is 18.2 Å². The molecular weight excluding hydrogens is 252 g/mol. The van der Waals surface area contributed by atoms with Gasteiger partial charge in [-0.3, -0.25) is 4.79 Å². The lowest BCUT2D eigenvalue weighted by Crippen LogP contribution is -2.29. The second kappa shape index (κ2) is 8.08. The molecule has 0 radical (unpaired) electrons. The molecule has 0 fully saturated rings. The first kappa shape index (κ1) is 15.0. The van der Waals surface area contributed by atoms with E-state index in [9.17, 15) is 4.79 Å². The van der Waals surface area contributed by atoms with Crippen LogP contribution in [0, 0.1) is 6.92 Å². The highest BCUT2D eigenvalue weighted by atomic mass is 35.5. The van der Waals surface area contributed by atoms with Crippen molar-refractivity contribution < 1.29 is 9.53 Å². The van der Waals surface area contributed by atoms with Gasteiger partial charge in [0.2, 0.25) is 5.91 Å². The monoisotopic (exact) mass is 270 g/mol. The molecule has 0 aliphatic carbocycles. The number of carbonyl (C=O) groups is 1. The molecular formula is C13H19ClN2O2. The van der Waals surface area contributed by atoms with Gasteiger partial charge < -0.3 is 15.4 Å². The summed E-state index contributed by atoms with van der Waals surface area (Å²) in [6, 6.07) is 5.43. The zero-order valence-corrected chi connectivity index (χ0v) is 11.5. The zero-order chi connectivity index (χ0) is 13.4. The fraction of sp³-hybridized carbons (Fsp3) is 0.462. The van der Waals surface area contributed by atoms with Crippen LogP contribution < -0.4 is 10.6 Å². The van der Waals surface area contributed by atoms with Crippen LogP contribution in [-0.4, -0.2) is 32.7 Å². The minimum atomic E-state index is -0.0715. The molecule has 0 aliphatic heterocycles. The lowest BCUT2D eigenvalue weighted by molar-refractivity contribution is -0.115. The Balaban J connectivity index is 2.33. The highest BCUT2D eigenvalue weighted by Gasteiger charge is 2.04. The van der Waals surface area contributed by atoms with E-state index >= 15 is 0 Å². The van der Waals surface area contributed by atoms with Crippen molar-refractivity contribution in [2.45, 2.75) is 13.3 Å². The van der Waals surface area contributed by atoms with Gasteiger partial charge in [-0.25, -0.2) is 0 Å². The van der Waals surface area contributed by atoms with E-state index in [2.05, 4.69) is 10.6 Å². The van der Waals surface area contributed by atoms with E-state index in [0.29, 0.717) is 11.6 Å². The highest BCUT2D eigenvalue weighted by molar-refractivity contribution is 6.31. The van der Waals surface area contributed by atoms with Crippen molar-refractivity contribution in [3.8, 4) is 0 Å².